The molecule has 0 saturated carbocycles. The van der Waals surface area contributed by atoms with Crippen LogP contribution in [0.4, 0.5) is 0 Å². The second-order valence-corrected chi connectivity index (χ2v) is 5.80. The summed E-state index contributed by atoms with van der Waals surface area (Å²) < 4.78 is 16.3. The van der Waals surface area contributed by atoms with Crippen molar-refractivity contribution in [3.8, 4) is 11.5 Å². The maximum Gasteiger partial charge on any atom is 0.161 e. The maximum absolute atomic E-state index is 5.84. The first-order chi connectivity index (χ1) is 10.1. The first-order valence-electron chi connectivity index (χ1n) is 7.91. The monoisotopic (exact) mass is 292 g/mol. The van der Waals surface area contributed by atoms with E-state index < -0.39 is 0 Å². The fraction of sp³-hybridized carbons (Fsp3) is 0.647. The van der Waals surface area contributed by atoms with E-state index in [1.54, 1.807) is 14.2 Å². The highest BCUT2D eigenvalue weighted by molar-refractivity contribution is 6.08. The molecule has 0 heterocycles. The lowest BCUT2D eigenvalue weighted by Gasteiger charge is -2.20. The summed E-state index contributed by atoms with van der Waals surface area (Å²) in [4.78, 5) is 0. The minimum absolute atomic E-state index is 0.648. The molecule has 4 heteroatoms. The highest BCUT2D eigenvalue weighted by atomic mass is 16.5. The average molecular weight is 292 g/mol. The lowest BCUT2D eigenvalue weighted by Crippen LogP contribution is -2.11. The number of hydrogen-bond acceptors (Lipinski definition) is 3. The number of hydrogen-bond donors (Lipinski definition) is 0. The number of ether oxygens (including phenoxy) is 3. The van der Waals surface area contributed by atoms with E-state index in [0.29, 0.717) is 25.0 Å². The number of rotatable bonds is 10. The molecule has 0 N–H and O–H groups in total. The van der Waals surface area contributed by atoms with Gasteiger partial charge in [-0.3, -0.25) is 0 Å². The summed E-state index contributed by atoms with van der Waals surface area (Å²) in [6.45, 7) is 5.95. The van der Waals surface area contributed by atoms with E-state index in [2.05, 4.69) is 33.8 Å². The van der Waals surface area contributed by atoms with Gasteiger partial charge in [0.05, 0.1) is 13.7 Å². The molecule has 0 saturated heterocycles. The van der Waals surface area contributed by atoms with E-state index in [1.165, 1.54) is 11.9 Å². The first kappa shape index (κ1) is 17.9. The molecule has 0 aliphatic rings. The summed E-state index contributed by atoms with van der Waals surface area (Å²) in [7, 11) is 5.65. The molecule has 0 spiro atoms. The van der Waals surface area contributed by atoms with Gasteiger partial charge in [-0.25, -0.2) is 0 Å². The predicted octanol–water partition coefficient (Wildman–Crippen LogP) is 2.98. The molecule has 1 aromatic rings. The van der Waals surface area contributed by atoms with E-state index in [9.17, 15) is 0 Å². The lowest BCUT2D eigenvalue weighted by molar-refractivity contribution is 0.170. The van der Waals surface area contributed by atoms with Crippen LogP contribution in [0.25, 0.3) is 0 Å². The zero-order valence-electron chi connectivity index (χ0n) is 14.1. The third kappa shape index (κ3) is 6.00. The molecule has 1 unspecified atom stereocenters. The van der Waals surface area contributed by atoms with Crippen molar-refractivity contribution >= 4 is 7.85 Å². The van der Waals surface area contributed by atoms with E-state index in [4.69, 9.17) is 14.2 Å². The normalized spacial score (nSPS) is 12.4. The second-order valence-electron chi connectivity index (χ2n) is 5.80. The third-order valence-electron chi connectivity index (χ3n) is 3.94. The Morgan fingerprint density at radius 3 is 2.43 bits per heavy atom. The Hall–Kier alpha value is -1.16. The number of methoxy groups -OCH3 is 2. The molecular formula is C17H29BO3. The van der Waals surface area contributed by atoms with Crippen molar-refractivity contribution in [2.75, 3.05) is 27.4 Å². The summed E-state index contributed by atoms with van der Waals surface area (Å²) in [5, 5.41) is 0. The largest absolute Gasteiger partial charge is 0.493 e. The van der Waals surface area contributed by atoms with E-state index in [1.807, 2.05) is 6.07 Å². The van der Waals surface area contributed by atoms with Gasteiger partial charge in [0, 0.05) is 20.1 Å². The predicted molar refractivity (Wildman–Crippen MR) is 90.4 cm³/mol. The van der Waals surface area contributed by atoms with Gasteiger partial charge in [0.2, 0.25) is 0 Å². The van der Waals surface area contributed by atoms with Gasteiger partial charge in [-0.1, -0.05) is 26.2 Å². The molecule has 0 radical (unpaired) electrons. The van der Waals surface area contributed by atoms with Crippen LogP contribution in [0.15, 0.2) is 18.2 Å². The molecule has 0 bridgehead atoms. The zero-order valence-corrected chi connectivity index (χ0v) is 14.1. The van der Waals surface area contributed by atoms with Crippen LogP contribution in [-0.4, -0.2) is 35.3 Å². The van der Waals surface area contributed by atoms with Crippen molar-refractivity contribution in [1.82, 2.24) is 0 Å². The Bertz CT molecular complexity index is 407. The van der Waals surface area contributed by atoms with Gasteiger partial charge in [-0.05, 0) is 36.0 Å². The van der Waals surface area contributed by atoms with Crippen molar-refractivity contribution < 1.29 is 14.2 Å². The second kappa shape index (κ2) is 9.72. The van der Waals surface area contributed by atoms with Gasteiger partial charge in [0.15, 0.2) is 11.5 Å². The van der Waals surface area contributed by atoms with Crippen molar-refractivity contribution in [3.05, 3.63) is 23.8 Å². The SMILES string of the molecule is BCC(Cc1ccc(OC)c(OCCCOC)c1)C(C)C. The Labute approximate surface area is 130 Å². The van der Waals surface area contributed by atoms with Crippen LogP contribution in [0, 0.1) is 11.8 Å². The molecule has 21 heavy (non-hydrogen) atoms. The molecule has 0 aliphatic heterocycles. The molecule has 0 aliphatic carbocycles. The van der Waals surface area contributed by atoms with Crippen molar-refractivity contribution in [2.24, 2.45) is 11.8 Å². The minimum Gasteiger partial charge on any atom is -0.493 e. The van der Waals surface area contributed by atoms with E-state index in [-0.39, 0.29) is 0 Å². The van der Waals surface area contributed by atoms with Gasteiger partial charge in [-0.15, -0.1) is 0 Å². The van der Waals surface area contributed by atoms with Crippen LogP contribution in [0.3, 0.4) is 0 Å². The highest BCUT2D eigenvalue weighted by Gasteiger charge is 2.13. The molecule has 1 aromatic carbocycles. The summed E-state index contributed by atoms with van der Waals surface area (Å²) in [6, 6.07) is 6.27. The van der Waals surface area contributed by atoms with Crippen LogP contribution < -0.4 is 9.47 Å². The Kier molecular flexibility index (Phi) is 8.28. The first-order valence-corrected chi connectivity index (χ1v) is 7.91. The molecule has 0 amide bonds. The molecular weight excluding hydrogens is 263 g/mol. The van der Waals surface area contributed by atoms with Gasteiger partial charge in [0.1, 0.15) is 7.85 Å². The topological polar surface area (TPSA) is 27.7 Å². The molecule has 1 atom stereocenters. The minimum atomic E-state index is 0.648. The molecule has 118 valence electrons. The van der Waals surface area contributed by atoms with Gasteiger partial charge < -0.3 is 14.2 Å². The quantitative estimate of drug-likeness (QED) is 0.490. The third-order valence-corrected chi connectivity index (χ3v) is 3.94. The van der Waals surface area contributed by atoms with Gasteiger partial charge in [0.25, 0.3) is 0 Å². The van der Waals surface area contributed by atoms with Crippen LogP contribution in [-0.2, 0) is 11.2 Å². The average Bonchev–Trinajstić information content (AvgIpc) is 2.49. The summed E-state index contributed by atoms with van der Waals surface area (Å²) in [6.07, 6.45) is 3.17. The summed E-state index contributed by atoms with van der Waals surface area (Å²) in [5.74, 6) is 3.04. The lowest BCUT2D eigenvalue weighted by atomic mass is 9.79. The van der Waals surface area contributed by atoms with Crippen LogP contribution in [0.2, 0.25) is 6.32 Å². The fourth-order valence-electron chi connectivity index (χ4n) is 2.50. The van der Waals surface area contributed by atoms with E-state index in [0.717, 1.165) is 24.3 Å². The summed E-state index contributed by atoms with van der Waals surface area (Å²) >= 11 is 0. The molecule has 3 nitrogen and oxygen atoms in total. The van der Waals surface area contributed by atoms with E-state index >= 15 is 0 Å². The van der Waals surface area contributed by atoms with Crippen molar-refractivity contribution in [2.45, 2.75) is 33.0 Å². The highest BCUT2D eigenvalue weighted by Crippen LogP contribution is 2.30. The van der Waals surface area contributed by atoms with Gasteiger partial charge in [-0.2, -0.15) is 0 Å². The standard InChI is InChI=1S/C17H29BO3/c1-13(2)15(12-18)10-14-6-7-16(20-4)17(11-14)21-9-5-8-19-3/h6-7,11,13,15H,5,8-10,12,18H2,1-4H3. The van der Waals surface area contributed by atoms with Crippen molar-refractivity contribution in [3.63, 3.8) is 0 Å². The van der Waals surface area contributed by atoms with Crippen LogP contribution >= 0.6 is 0 Å². The Morgan fingerprint density at radius 1 is 1.10 bits per heavy atom. The fourth-order valence-corrected chi connectivity index (χ4v) is 2.50. The summed E-state index contributed by atoms with van der Waals surface area (Å²) in [5.41, 5.74) is 1.32. The molecule has 1 rings (SSSR count). The van der Waals surface area contributed by atoms with Crippen molar-refractivity contribution in [1.29, 1.82) is 0 Å². The van der Waals surface area contributed by atoms with Gasteiger partial charge >= 0.3 is 0 Å². The Balaban J connectivity index is 2.74. The molecule has 0 aromatic heterocycles. The van der Waals surface area contributed by atoms with Crippen LogP contribution in [0.1, 0.15) is 25.8 Å². The van der Waals surface area contributed by atoms with Crippen LogP contribution in [0.5, 0.6) is 11.5 Å². The maximum atomic E-state index is 5.84. The smallest absolute Gasteiger partial charge is 0.161 e. The zero-order chi connectivity index (χ0) is 15.7. The Morgan fingerprint density at radius 2 is 1.86 bits per heavy atom. The number of benzene rings is 1. The molecule has 0 fully saturated rings.